The zero-order valence-electron chi connectivity index (χ0n) is 14.9. The molecule has 0 aliphatic rings. The van der Waals surface area contributed by atoms with Crippen molar-refractivity contribution in [2.75, 3.05) is 17.6 Å². The van der Waals surface area contributed by atoms with E-state index in [1.165, 1.54) is 6.92 Å². The van der Waals surface area contributed by atoms with Crippen LogP contribution in [0.25, 0.3) is 11.0 Å². The molecule has 2 aromatic heterocycles. The van der Waals surface area contributed by atoms with Gasteiger partial charge in [0, 0.05) is 19.7 Å². The quantitative estimate of drug-likeness (QED) is 0.621. The summed E-state index contributed by atoms with van der Waals surface area (Å²) < 4.78 is 0. The van der Waals surface area contributed by atoms with Gasteiger partial charge in [0.05, 0.1) is 16.1 Å². The van der Waals surface area contributed by atoms with Crippen LogP contribution in [-0.4, -0.2) is 32.9 Å². The number of carbonyl (C=O) groups excluding carboxylic acids is 1. The number of hydrogen-bond donors (Lipinski definition) is 3. The molecule has 0 unspecified atom stereocenters. The lowest BCUT2D eigenvalue weighted by Gasteiger charge is -2.32. The Balaban J connectivity index is 2.33. The number of aromatic nitrogens is 3. The second kappa shape index (κ2) is 8.29. The van der Waals surface area contributed by atoms with E-state index < -0.39 is 0 Å². The average Bonchev–Trinajstić information content (AvgIpc) is 2.52. The molecule has 2 rings (SSSR count). The van der Waals surface area contributed by atoms with Gasteiger partial charge in [0.25, 0.3) is 0 Å². The summed E-state index contributed by atoms with van der Waals surface area (Å²) in [6.45, 7) is 6.20. The summed E-state index contributed by atoms with van der Waals surface area (Å²) in [6.07, 6.45) is 5.71. The van der Waals surface area contributed by atoms with Gasteiger partial charge in [0.15, 0.2) is 5.82 Å². The van der Waals surface area contributed by atoms with Crippen molar-refractivity contribution in [3.8, 4) is 0 Å². The monoisotopic (exact) mass is 364 g/mol. The van der Waals surface area contributed by atoms with Gasteiger partial charge in [-0.25, -0.2) is 9.97 Å². The van der Waals surface area contributed by atoms with Gasteiger partial charge in [0.2, 0.25) is 11.9 Å². The number of nitrogens with zero attached hydrogens (tertiary/aromatic N) is 3. The highest BCUT2D eigenvalue weighted by Gasteiger charge is 2.26. The van der Waals surface area contributed by atoms with Gasteiger partial charge in [-0.15, -0.1) is 0 Å². The van der Waals surface area contributed by atoms with Crippen molar-refractivity contribution in [2.45, 2.75) is 52.0 Å². The molecule has 0 aliphatic carbocycles. The summed E-state index contributed by atoms with van der Waals surface area (Å²) in [7, 11) is 0. The highest BCUT2D eigenvalue weighted by molar-refractivity contribution is 6.31. The fourth-order valence-corrected chi connectivity index (χ4v) is 2.82. The molecule has 0 saturated carbocycles. The van der Waals surface area contributed by atoms with E-state index in [2.05, 4.69) is 39.4 Å². The zero-order valence-corrected chi connectivity index (χ0v) is 15.7. The average molecular weight is 365 g/mol. The Bertz CT molecular complexity index is 748. The van der Waals surface area contributed by atoms with Crippen LogP contribution in [-0.2, 0) is 4.79 Å². The number of anilines is 2. The maximum Gasteiger partial charge on any atom is 0.222 e. The first-order chi connectivity index (χ1) is 11.8. The number of rotatable bonds is 8. The number of halogens is 1. The number of unbranched alkanes of at least 4 members (excludes halogenated alkanes) is 2. The van der Waals surface area contributed by atoms with Crippen LogP contribution in [0.5, 0.6) is 0 Å². The summed E-state index contributed by atoms with van der Waals surface area (Å²) in [5, 5.41) is 6.80. The van der Waals surface area contributed by atoms with Crippen molar-refractivity contribution in [3.63, 3.8) is 0 Å². The van der Waals surface area contributed by atoms with Crippen LogP contribution in [0.3, 0.4) is 0 Å². The van der Waals surface area contributed by atoms with E-state index in [-0.39, 0.29) is 17.4 Å². The predicted molar refractivity (Wildman–Crippen MR) is 102 cm³/mol. The fraction of sp³-hybridized carbons (Fsp3) is 0.529. The Morgan fingerprint density at radius 2 is 2.12 bits per heavy atom. The van der Waals surface area contributed by atoms with Crippen LogP contribution in [0.2, 0.25) is 5.02 Å². The Hall–Kier alpha value is -2.15. The van der Waals surface area contributed by atoms with Gasteiger partial charge in [-0.3, -0.25) is 4.79 Å². The molecule has 2 aromatic rings. The number of nitrogens with two attached hydrogens (primary N) is 1. The Morgan fingerprint density at radius 1 is 1.36 bits per heavy atom. The van der Waals surface area contributed by atoms with Crippen molar-refractivity contribution in [1.82, 2.24) is 20.3 Å². The zero-order chi connectivity index (χ0) is 18.4. The summed E-state index contributed by atoms with van der Waals surface area (Å²) in [5.41, 5.74) is 6.64. The van der Waals surface area contributed by atoms with Crippen LogP contribution in [0, 0.1) is 0 Å². The first kappa shape index (κ1) is 19.2. The lowest BCUT2D eigenvalue weighted by atomic mass is 9.94. The summed E-state index contributed by atoms with van der Waals surface area (Å²) in [6, 6.07) is 1.70. The molecule has 0 fully saturated rings. The van der Waals surface area contributed by atoms with E-state index in [1.807, 2.05) is 0 Å². The molecule has 0 aromatic carbocycles. The highest BCUT2D eigenvalue weighted by Crippen LogP contribution is 2.26. The lowest BCUT2D eigenvalue weighted by Crippen LogP contribution is -2.46. The van der Waals surface area contributed by atoms with Gasteiger partial charge in [-0.2, -0.15) is 4.98 Å². The molecule has 4 N–H and O–H groups in total. The fourth-order valence-electron chi connectivity index (χ4n) is 2.66. The van der Waals surface area contributed by atoms with Crippen LogP contribution < -0.4 is 16.4 Å². The molecule has 2 heterocycles. The first-order valence-electron chi connectivity index (χ1n) is 8.44. The minimum absolute atomic E-state index is 0.0690. The van der Waals surface area contributed by atoms with Gasteiger partial charge in [-0.1, -0.05) is 37.8 Å². The number of hydrogen-bond acceptors (Lipinski definition) is 6. The molecule has 0 aliphatic heterocycles. The van der Waals surface area contributed by atoms with E-state index >= 15 is 0 Å². The standard InChI is InChI=1S/C17H25ClN6O/c1-4-5-6-7-17(3,10-21-11(2)25)24-15-14-13(22-16(19)23-15)8-12(18)9-20-14/h8-9H,4-7,10H2,1-3H3,(H,21,25)(H3,19,22,23,24)/t17-/m1/s1. The third-order valence-corrected chi connectivity index (χ3v) is 4.21. The lowest BCUT2D eigenvalue weighted by molar-refractivity contribution is -0.119. The summed E-state index contributed by atoms with van der Waals surface area (Å²) in [4.78, 5) is 24.2. The van der Waals surface area contributed by atoms with Crippen molar-refractivity contribution in [1.29, 1.82) is 0 Å². The summed E-state index contributed by atoms with van der Waals surface area (Å²) in [5.74, 6) is 0.624. The van der Waals surface area contributed by atoms with E-state index in [0.29, 0.717) is 28.4 Å². The minimum Gasteiger partial charge on any atom is -0.368 e. The van der Waals surface area contributed by atoms with E-state index in [1.54, 1.807) is 12.3 Å². The smallest absolute Gasteiger partial charge is 0.222 e. The van der Waals surface area contributed by atoms with Crippen molar-refractivity contribution >= 4 is 40.3 Å². The number of pyridine rings is 1. The van der Waals surface area contributed by atoms with Gasteiger partial charge in [-0.05, 0) is 19.4 Å². The third-order valence-electron chi connectivity index (χ3n) is 4.00. The minimum atomic E-state index is -0.379. The molecule has 0 spiro atoms. The second-order valence-electron chi connectivity index (χ2n) is 6.50. The topological polar surface area (TPSA) is 106 Å². The van der Waals surface area contributed by atoms with Crippen LogP contribution in [0.1, 0.15) is 46.5 Å². The Morgan fingerprint density at radius 3 is 2.80 bits per heavy atom. The van der Waals surface area contributed by atoms with Crippen LogP contribution in [0.15, 0.2) is 12.3 Å². The van der Waals surface area contributed by atoms with Crippen molar-refractivity contribution in [3.05, 3.63) is 17.3 Å². The molecule has 1 atom stereocenters. The van der Waals surface area contributed by atoms with Crippen molar-refractivity contribution in [2.24, 2.45) is 0 Å². The SMILES string of the molecule is CCCCC[C@](C)(CNC(C)=O)Nc1nc(N)nc2cc(Cl)cnc12. The van der Waals surface area contributed by atoms with Gasteiger partial charge < -0.3 is 16.4 Å². The molecule has 0 radical (unpaired) electrons. The van der Waals surface area contributed by atoms with E-state index in [0.717, 1.165) is 25.7 Å². The van der Waals surface area contributed by atoms with Crippen LogP contribution >= 0.6 is 11.6 Å². The molecule has 1 amide bonds. The number of nitrogens with one attached hydrogen (secondary N) is 2. The number of nitrogen functional groups attached to an aromatic ring is 1. The molecular weight excluding hydrogens is 340 g/mol. The number of fused-ring (bicyclic) bond motifs is 1. The molecular formula is C17H25ClN6O. The third kappa shape index (κ3) is 5.42. The highest BCUT2D eigenvalue weighted by atomic mass is 35.5. The van der Waals surface area contributed by atoms with E-state index in [4.69, 9.17) is 17.3 Å². The molecule has 7 nitrogen and oxygen atoms in total. The molecule has 25 heavy (non-hydrogen) atoms. The maximum atomic E-state index is 11.4. The number of amides is 1. The van der Waals surface area contributed by atoms with Crippen molar-refractivity contribution < 1.29 is 4.79 Å². The first-order valence-corrected chi connectivity index (χ1v) is 8.82. The predicted octanol–water partition coefficient (Wildman–Crippen LogP) is 3.15. The molecule has 8 heteroatoms. The second-order valence-corrected chi connectivity index (χ2v) is 6.94. The Kier molecular flexibility index (Phi) is 6.36. The van der Waals surface area contributed by atoms with Gasteiger partial charge >= 0.3 is 0 Å². The van der Waals surface area contributed by atoms with E-state index in [9.17, 15) is 4.79 Å². The van der Waals surface area contributed by atoms with Crippen LogP contribution in [0.4, 0.5) is 11.8 Å². The molecule has 0 saturated heterocycles. The maximum absolute atomic E-state index is 11.4. The normalized spacial score (nSPS) is 13.4. The molecule has 0 bridgehead atoms. The summed E-state index contributed by atoms with van der Waals surface area (Å²) >= 11 is 5.99. The molecule has 136 valence electrons. The Labute approximate surface area is 152 Å². The number of carbonyl (C=O) groups is 1. The van der Waals surface area contributed by atoms with Gasteiger partial charge in [0.1, 0.15) is 5.52 Å². The largest absolute Gasteiger partial charge is 0.368 e.